The molecule has 1 atom stereocenters. The Labute approximate surface area is 94.8 Å². The van der Waals surface area contributed by atoms with Crippen LogP contribution in [0.5, 0.6) is 0 Å². The van der Waals surface area contributed by atoms with Crippen molar-refractivity contribution in [2.45, 2.75) is 6.42 Å². The fourth-order valence-corrected chi connectivity index (χ4v) is 1.78. The summed E-state index contributed by atoms with van der Waals surface area (Å²) in [5.41, 5.74) is 0. The second-order valence-electron chi connectivity index (χ2n) is 4.14. The van der Waals surface area contributed by atoms with Crippen molar-refractivity contribution >= 4 is 5.96 Å². The lowest BCUT2D eigenvalue weighted by Gasteiger charge is -2.25. The van der Waals surface area contributed by atoms with Gasteiger partial charge in [-0.3, -0.25) is 0 Å². The Kier molecular flexibility index (Phi) is 4.48. The molecule has 0 aromatic rings. The van der Waals surface area contributed by atoms with E-state index in [4.69, 9.17) is 4.74 Å². The van der Waals surface area contributed by atoms with E-state index in [1.807, 2.05) is 0 Å². The van der Waals surface area contributed by atoms with Crippen LogP contribution in [0, 0.1) is 16.0 Å². The third-order valence-corrected chi connectivity index (χ3v) is 2.47. The molecule has 1 saturated heterocycles. The maximum absolute atomic E-state index is 10.4. The van der Waals surface area contributed by atoms with Crippen LogP contribution >= 0.6 is 0 Å². The standard InChI is InChI=1S/C9H18N4O3/c1-11(2)9(10-13(14)15)12(3)6-8-4-5-16-7-8/h8H,4-7H2,1-3H3. The van der Waals surface area contributed by atoms with E-state index in [0.717, 1.165) is 26.2 Å². The summed E-state index contributed by atoms with van der Waals surface area (Å²) >= 11 is 0. The minimum Gasteiger partial charge on any atom is -0.381 e. The molecular weight excluding hydrogens is 212 g/mol. The molecule has 16 heavy (non-hydrogen) atoms. The van der Waals surface area contributed by atoms with E-state index in [1.165, 1.54) is 0 Å². The molecule has 0 N–H and O–H groups in total. The number of rotatable bonds is 3. The molecule has 7 nitrogen and oxygen atoms in total. The monoisotopic (exact) mass is 230 g/mol. The van der Waals surface area contributed by atoms with Crippen molar-refractivity contribution in [3.63, 3.8) is 0 Å². The molecule has 0 saturated carbocycles. The van der Waals surface area contributed by atoms with E-state index in [1.54, 1.807) is 30.9 Å². The van der Waals surface area contributed by atoms with Crippen molar-refractivity contribution in [3.05, 3.63) is 10.1 Å². The van der Waals surface area contributed by atoms with Crippen LogP contribution in [0.3, 0.4) is 0 Å². The molecule has 0 aliphatic carbocycles. The van der Waals surface area contributed by atoms with Crippen LogP contribution in [0.4, 0.5) is 0 Å². The van der Waals surface area contributed by atoms with Crippen LogP contribution in [0.2, 0.25) is 0 Å². The molecular formula is C9H18N4O3. The first-order valence-corrected chi connectivity index (χ1v) is 5.20. The van der Waals surface area contributed by atoms with Gasteiger partial charge in [-0.15, -0.1) is 0 Å². The number of nitro groups is 1. The van der Waals surface area contributed by atoms with Crippen LogP contribution in [-0.2, 0) is 4.74 Å². The maximum atomic E-state index is 10.4. The molecule has 1 aliphatic heterocycles. The molecule has 92 valence electrons. The van der Waals surface area contributed by atoms with E-state index in [0.29, 0.717) is 11.9 Å². The van der Waals surface area contributed by atoms with Gasteiger partial charge < -0.3 is 14.5 Å². The zero-order chi connectivity index (χ0) is 12.1. The topological polar surface area (TPSA) is 71.2 Å². The minimum absolute atomic E-state index is 0.358. The lowest BCUT2D eigenvalue weighted by Crippen LogP contribution is -2.41. The smallest absolute Gasteiger partial charge is 0.273 e. The molecule has 0 amide bonds. The predicted octanol–water partition coefficient (Wildman–Crippen LogP) is 0.0640. The van der Waals surface area contributed by atoms with Gasteiger partial charge in [0.2, 0.25) is 0 Å². The number of nitrogens with zero attached hydrogens (tertiary/aromatic N) is 4. The zero-order valence-electron chi connectivity index (χ0n) is 9.92. The second kappa shape index (κ2) is 5.64. The van der Waals surface area contributed by atoms with Gasteiger partial charge in [-0.2, -0.15) is 0 Å². The number of hydrogen-bond acceptors (Lipinski definition) is 3. The number of guanidine groups is 1. The Morgan fingerprint density at radius 3 is 2.69 bits per heavy atom. The summed E-state index contributed by atoms with van der Waals surface area (Å²) in [6.07, 6.45) is 1.00. The number of hydrazone groups is 1. The van der Waals surface area contributed by atoms with Gasteiger partial charge in [0.15, 0.2) is 5.03 Å². The van der Waals surface area contributed by atoms with E-state index in [2.05, 4.69) is 5.10 Å². The summed E-state index contributed by atoms with van der Waals surface area (Å²) in [5, 5.41) is 13.1. The molecule has 1 fully saturated rings. The van der Waals surface area contributed by atoms with Gasteiger partial charge in [0.05, 0.1) is 6.61 Å². The zero-order valence-corrected chi connectivity index (χ0v) is 9.92. The first-order chi connectivity index (χ1) is 7.50. The Morgan fingerprint density at radius 1 is 1.56 bits per heavy atom. The van der Waals surface area contributed by atoms with E-state index >= 15 is 0 Å². The molecule has 0 aromatic heterocycles. The van der Waals surface area contributed by atoms with Crippen molar-refractivity contribution in [2.24, 2.45) is 11.0 Å². The quantitative estimate of drug-likeness (QED) is 0.297. The van der Waals surface area contributed by atoms with E-state index in [-0.39, 0.29) is 0 Å². The van der Waals surface area contributed by atoms with Gasteiger partial charge in [0, 0.05) is 40.2 Å². The first kappa shape index (κ1) is 12.7. The van der Waals surface area contributed by atoms with E-state index < -0.39 is 5.03 Å². The SMILES string of the molecule is CN(C)C(=N[N+](=O)[O-])N(C)CC1CCOC1. The molecule has 1 heterocycles. The highest BCUT2D eigenvalue weighted by Gasteiger charge is 2.21. The van der Waals surface area contributed by atoms with Gasteiger partial charge in [0.25, 0.3) is 5.96 Å². The van der Waals surface area contributed by atoms with Crippen molar-refractivity contribution in [2.75, 3.05) is 40.9 Å². The fraction of sp³-hybridized carbons (Fsp3) is 0.889. The van der Waals surface area contributed by atoms with Crippen LogP contribution in [0.25, 0.3) is 0 Å². The molecule has 0 spiro atoms. The van der Waals surface area contributed by atoms with Crippen LogP contribution < -0.4 is 0 Å². The highest BCUT2D eigenvalue weighted by atomic mass is 16.7. The predicted molar refractivity (Wildman–Crippen MR) is 59.7 cm³/mol. The third kappa shape index (κ3) is 3.65. The maximum Gasteiger partial charge on any atom is 0.273 e. The third-order valence-electron chi connectivity index (χ3n) is 2.47. The largest absolute Gasteiger partial charge is 0.381 e. The summed E-state index contributed by atoms with van der Waals surface area (Å²) in [5.74, 6) is 0.791. The average molecular weight is 230 g/mol. The number of ether oxygens (including phenoxy) is 1. The normalized spacial score (nSPS) is 20.9. The minimum atomic E-state index is -0.670. The summed E-state index contributed by atoms with van der Waals surface area (Å²) in [6.45, 7) is 2.23. The lowest BCUT2D eigenvalue weighted by atomic mass is 10.1. The van der Waals surface area contributed by atoms with E-state index in [9.17, 15) is 10.1 Å². The molecule has 1 aliphatic rings. The Balaban J connectivity index is 2.59. The Morgan fingerprint density at radius 2 is 2.25 bits per heavy atom. The summed E-state index contributed by atoms with van der Waals surface area (Å²) in [7, 11) is 5.29. The number of hydrogen-bond donors (Lipinski definition) is 0. The molecule has 0 aromatic carbocycles. The van der Waals surface area contributed by atoms with Gasteiger partial charge in [-0.05, 0) is 6.42 Å². The van der Waals surface area contributed by atoms with Crippen molar-refractivity contribution in [1.29, 1.82) is 0 Å². The first-order valence-electron chi connectivity index (χ1n) is 5.20. The Bertz CT molecular complexity index is 274. The van der Waals surface area contributed by atoms with Gasteiger partial charge in [-0.25, -0.2) is 10.1 Å². The van der Waals surface area contributed by atoms with Crippen LogP contribution in [0.15, 0.2) is 5.10 Å². The Hall–Kier alpha value is -1.37. The average Bonchev–Trinajstić information content (AvgIpc) is 2.65. The lowest BCUT2D eigenvalue weighted by molar-refractivity contribution is -0.486. The highest BCUT2D eigenvalue weighted by Crippen LogP contribution is 2.13. The fourth-order valence-electron chi connectivity index (χ4n) is 1.78. The highest BCUT2D eigenvalue weighted by molar-refractivity contribution is 5.78. The van der Waals surface area contributed by atoms with Crippen LogP contribution in [0.1, 0.15) is 6.42 Å². The molecule has 1 rings (SSSR count). The van der Waals surface area contributed by atoms with Crippen molar-refractivity contribution in [1.82, 2.24) is 9.80 Å². The van der Waals surface area contributed by atoms with Gasteiger partial charge in [-0.1, -0.05) is 0 Å². The van der Waals surface area contributed by atoms with Crippen molar-refractivity contribution in [3.8, 4) is 0 Å². The van der Waals surface area contributed by atoms with Crippen LogP contribution in [-0.4, -0.2) is 61.7 Å². The molecule has 1 unspecified atom stereocenters. The summed E-state index contributed by atoms with van der Waals surface area (Å²) < 4.78 is 5.27. The van der Waals surface area contributed by atoms with Gasteiger partial charge in [0.1, 0.15) is 5.10 Å². The molecule has 7 heteroatoms. The summed E-state index contributed by atoms with van der Waals surface area (Å²) in [4.78, 5) is 13.8. The second-order valence-corrected chi connectivity index (χ2v) is 4.14. The molecule has 0 bridgehead atoms. The van der Waals surface area contributed by atoms with Crippen molar-refractivity contribution < 1.29 is 9.77 Å². The summed E-state index contributed by atoms with van der Waals surface area (Å²) in [6, 6.07) is 0. The molecule has 0 radical (unpaired) electrons. The van der Waals surface area contributed by atoms with Gasteiger partial charge >= 0.3 is 0 Å².